The van der Waals surface area contributed by atoms with Gasteiger partial charge in [-0.1, -0.05) is 12.1 Å². The molecule has 3 rings (SSSR count). The summed E-state index contributed by atoms with van der Waals surface area (Å²) in [4.78, 5) is 12.5. The van der Waals surface area contributed by atoms with Gasteiger partial charge in [-0.2, -0.15) is 0 Å². The predicted molar refractivity (Wildman–Crippen MR) is 92.6 cm³/mol. The standard InChI is InChI=1S/C16H15N5O2S/c1-24(22,23)12-4-2-10(3-5-12)11-8-13(15(17)20-9-11)14-6-7-19-16(18)21-14/h2-9H,1H3,(H2,17,20)(H2,18,19,21). The van der Waals surface area contributed by atoms with E-state index in [1.807, 2.05) is 6.07 Å². The number of anilines is 2. The highest BCUT2D eigenvalue weighted by molar-refractivity contribution is 7.90. The zero-order chi connectivity index (χ0) is 17.3. The van der Waals surface area contributed by atoms with Crippen LogP contribution in [0.2, 0.25) is 0 Å². The molecule has 0 saturated heterocycles. The second-order valence-corrected chi connectivity index (χ2v) is 7.27. The van der Waals surface area contributed by atoms with Crippen LogP contribution < -0.4 is 11.5 Å². The lowest BCUT2D eigenvalue weighted by molar-refractivity contribution is 0.602. The Kier molecular flexibility index (Phi) is 3.90. The Morgan fingerprint density at radius 1 is 0.958 bits per heavy atom. The highest BCUT2D eigenvalue weighted by atomic mass is 32.2. The lowest BCUT2D eigenvalue weighted by Crippen LogP contribution is -2.00. The smallest absolute Gasteiger partial charge is 0.220 e. The summed E-state index contributed by atoms with van der Waals surface area (Å²) in [7, 11) is -3.23. The Labute approximate surface area is 139 Å². The minimum absolute atomic E-state index is 0.148. The Bertz CT molecular complexity index is 1000. The summed E-state index contributed by atoms with van der Waals surface area (Å²) in [5, 5.41) is 0. The Balaban J connectivity index is 2.06. The fraction of sp³-hybridized carbons (Fsp3) is 0.0625. The molecule has 7 nitrogen and oxygen atoms in total. The van der Waals surface area contributed by atoms with Gasteiger partial charge in [0.15, 0.2) is 9.84 Å². The molecule has 0 saturated carbocycles. The topological polar surface area (TPSA) is 125 Å². The molecule has 0 amide bonds. The van der Waals surface area contributed by atoms with E-state index in [0.717, 1.165) is 11.1 Å². The third kappa shape index (κ3) is 3.18. The average Bonchev–Trinajstić information content (AvgIpc) is 2.54. The number of nitrogens with two attached hydrogens (primary N) is 2. The maximum Gasteiger partial charge on any atom is 0.220 e. The number of rotatable bonds is 3. The van der Waals surface area contributed by atoms with Gasteiger partial charge in [0.1, 0.15) is 5.82 Å². The quantitative estimate of drug-likeness (QED) is 0.743. The van der Waals surface area contributed by atoms with Crippen LogP contribution >= 0.6 is 0 Å². The second-order valence-electron chi connectivity index (χ2n) is 5.25. The van der Waals surface area contributed by atoms with E-state index in [9.17, 15) is 8.42 Å². The normalized spacial score (nSPS) is 11.4. The fourth-order valence-electron chi connectivity index (χ4n) is 2.26. The molecule has 8 heteroatoms. The highest BCUT2D eigenvalue weighted by Crippen LogP contribution is 2.29. The van der Waals surface area contributed by atoms with Gasteiger partial charge >= 0.3 is 0 Å². The van der Waals surface area contributed by atoms with Gasteiger partial charge in [-0.3, -0.25) is 0 Å². The molecule has 24 heavy (non-hydrogen) atoms. The maximum atomic E-state index is 11.5. The van der Waals surface area contributed by atoms with Crippen molar-refractivity contribution in [3.63, 3.8) is 0 Å². The van der Waals surface area contributed by atoms with Crippen molar-refractivity contribution in [2.45, 2.75) is 4.90 Å². The zero-order valence-corrected chi connectivity index (χ0v) is 13.7. The van der Waals surface area contributed by atoms with Crippen LogP contribution in [0.4, 0.5) is 11.8 Å². The van der Waals surface area contributed by atoms with E-state index in [2.05, 4.69) is 15.0 Å². The van der Waals surface area contributed by atoms with E-state index in [4.69, 9.17) is 11.5 Å². The van der Waals surface area contributed by atoms with E-state index >= 15 is 0 Å². The molecule has 1 aromatic carbocycles. The third-order valence-corrected chi connectivity index (χ3v) is 4.61. The predicted octanol–water partition coefficient (Wildman–Crippen LogP) is 1.77. The van der Waals surface area contributed by atoms with Gasteiger partial charge < -0.3 is 11.5 Å². The number of nitrogen functional groups attached to an aromatic ring is 2. The van der Waals surface area contributed by atoms with Crippen molar-refractivity contribution < 1.29 is 8.42 Å². The average molecular weight is 341 g/mol. The van der Waals surface area contributed by atoms with Gasteiger partial charge in [0.25, 0.3) is 0 Å². The molecule has 0 radical (unpaired) electrons. The summed E-state index contributed by atoms with van der Waals surface area (Å²) in [5.41, 5.74) is 14.4. The van der Waals surface area contributed by atoms with E-state index in [-0.39, 0.29) is 10.8 Å². The third-order valence-electron chi connectivity index (χ3n) is 3.48. The first-order chi connectivity index (χ1) is 11.3. The first-order valence-corrected chi connectivity index (χ1v) is 8.88. The van der Waals surface area contributed by atoms with Gasteiger partial charge in [-0.15, -0.1) is 0 Å². The number of benzene rings is 1. The van der Waals surface area contributed by atoms with Crippen LogP contribution in [-0.2, 0) is 9.84 Å². The molecule has 0 atom stereocenters. The molecule has 4 N–H and O–H groups in total. The summed E-state index contributed by atoms with van der Waals surface area (Å²) in [5.74, 6) is 0.472. The fourth-order valence-corrected chi connectivity index (χ4v) is 2.89. The molecular weight excluding hydrogens is 326 g/mol. The summed E-state index contributed by atoms with van der Waals surface area (Å²) in [6.45, 7) is 0. The van der Waals surface area contributed by atoms with Crippen molar-refractivity contribution in [2.75, 3.05) is 17.7 Å². The molecular formula is C16H15N5O2S. The van der Waals surface area contributed by atoms with E-state index in [0.29, 0.717) is 17.1 Å². The first kappa shape index (κ1) is 15.9. The molecule has 0 aliphatic carbocycles. The van der Waals surface area contributed by atoms with Crippen molar-refractivity contribution in [1.82, 2.24) is 15.0 Å². The molecule has 122 valence electrons. The number of aromatic nitrogens is 3. The lowest BCUT2D eigenvalue weighted by Gasteiger charge is -2.08. The highest BCUT2D eigenvalue weighted by Gasteiger charge is 2.11. The van der Waals surface area contributed by atoms with Crippen molar-refractivity contribution in [3.8, 4) is 22.4 Å². The van der Waals surface area contributed by atoms with Crippen molar-refractivity contribution in [1.29, 1.82) is 0 Å². The van der Waals surface area contributed by atoms with Crippen LogP contribution in [-0.4, -0.2) is 29.6 Å². The summed E-state index contributed by atoms with van der Waals surface area (Å²) < 4.78 is 23.1. The van der Waals surface area contributed by atoms with E-state index < -0.39 is 9.84 Å². The Hall–Kier alpha value is -3.00. The van der Waals surface area contributed by atoms with Crippen molar-refractivity contribution >= 4 is 21.6 Å². The van der Waals surface area contributed by atoms with Gasteiger partial charge in [-0.05, 0) is 29.8 Å². The molecule has 0 aliphatic rings. The van der Waals surface area contributed by atoms with Gasteiger partial charge in [0.2, 0.25) is 5.95 Å². The lowest BCUT2D eigenvalue weighted by atomic mass is 10.0. The zero-order valence-electron chi connectivity index (χ0n) is 12.8. The van der Waals surface area contributed by atoms with Gasteiger partial charge in [0.05, 0.1) is 10.6 Å². The molecule has 0 spiro atoms. The molecule has 2 heterocycles. The Morgan fingerprint density at radius 2 is 1.67 bits per heavy atom. The largest absolute Gasteiger partial charge is 0.383 e. The van der Waals surface area contributed by atoms with Crippen LogP contribution in [0, 0.1) is 0 Å². The first-order valence-electron chi connectivity index (χ1n) is 6.99. The number of nitrogens with zero attached hydrogens (tertiary/aromatic N) is 3. The molecule has 0 aliphatic heterocycles. The molecule has 3 aromatic rings. The van der Waals surface area contributed by atoms with Crippen LogP contribution in [0.15, 0.2) is 53.7 Å². The van der Waals surface area contributed by atoms with Gasteiger partial charge in [-0.25, -0.2) is 23.4 Å². The van der Waals surface area contributed by atoms with Crippen molar-refractivity contribution in [3.05, 3.63) is 48.8 Å². The molecule has 0 unspecified atom stereocenters. The van der Waals surface area contributed by atoms with Crippen LogP contribution in [0.3, 0.4) is 0 Å². The van der Waals surface area contributed by atoms with E-state index in [1.165, 1.54) is 6.26 Å². The minimum atomic E-state index is -3.23. The van der Waals surface area contributed by atoms with Crippen molar-refractivity contribution in [2.24, 2.45) is 0 Å². The Morgan fingerprint density at radius 3 is 2.29 bits per heavy atom. The summed E-state index contributed by atoms with van der Waals surface area (Å²) in [6.07, 6.45) is 4.34. The summed E-state index contributed by atoms with van der Waals surface area (Å²) in [6, 6.07) is 10.1. The second kappa shape index (κ2) is 5.89. The molecule has 0 bridgehead atoms. The maximum absolute atomic E-state index is 11.5. The number of sulfone groups is 1. The van der Waals surface area contributed by atoms with Crippen LogP contribution in [0.5, 0.6) is 0 Å². The monoisotopic (exact) mass is 341 g/mol. The van der Waals surface area contributed by atoms with E-state index in [1.54, 1.807) is 42.7 Å². The minimum Gasteiger partial charge on any atom is -0.383 e. The molecule has 2 aromatic heterocycles. The van der Waals surface area contributed by atoms with Crippen LogP contribution in [0.1, 0.15) is 0 Å². The number of hydrogen-bond donors (Lipinski definition) is 2. The SMILES string of the molecule is CS(=O)(=O)c1ccc(-c2cnc(N)c(-c3ccnc(N)n3)c2)cc1. The van der Waals surface area contributed by atoms with Crippen LogP contribution in [0.25, 0.3) is 22.4 Å². The van der Waals surface area contributed by atoms with Gasteiger partial charge in [0, 0.05) is 29.8 Å². The number of hydrogen-bond acceptors (Lipinski definition) is 7. The number of pyridine rings is 1. The summed E-state index contributed by atoms with van der Waals surface area (Å²) >= 11 is 0. The molecule has 0 fully saturated rings.